The van der Waals surface area contributed by atoms with E-state index in [9.17, 15) is 18.4 Å². The summed E-state index contributed by atoms with van der Waals surface area (Å²) in [5.41, 5.74) is -0.213. The Hall–Kier alpha value is -1.98. The number of carbonyl (C=O) groups is 2. The number of carbonyl (C=O) groups excluding carboxylic acids is 2. The standard InChI is InChI=1S/C13H14F2N2O2/c1-2-11-12(18)16-5-6-17(11)13(19)9-4-3-8(14)7-10(9)15/h3-4,7,11H,2,5-6H2,1H3,(H,16,18). The fourth-order valence-electron chi connectivity index (χ4n) is 2.18. The Bertz CT molecular complexity index is 519. The summed E-state index contributed by atoms with van der Waals surface area (Å²) in [5.74, 6) is -2.48. The maximum absolute atomic E-state index is 13.6. The van der Waals surface area contributed by atoms with Gasteiger partial charge in [-0.25, -0.2) is 8.78 Å². The molecule has 4 nitrogen and oxygen atoms in total. The van der Waals surface area contributed by atoms with Gasteiger partial charge in [-0.3, -0.25) is 9.59 Å². The van der Waals surface area contributed by atoms with Crippen LogP contribution in [0.25, 0.3) is 0 Å². The van der Waals surface area contributed by atoms with Gasteiger partial charge in [-0.15, -0.1) is 0 Å². The predicted molar refractivity (Wildman–Crippen MR) is 64.5 cm³/mol. The summed E-state index contributed by atoms with van der Waals surface area (Å²) in [7, 11) is 0. The topological polar surface area (TPSA) is 49.4 Å². The Labute approximate surface area is 109 Å². The number of halogens is 2. The first kappa shape index (κ1) is 13.5. The lowest BCUT2D eigenvalue weighted by atomic mass is 10.1. The van der Waals surface area contributed by atoms with Crippen LogP contribution in [0.2, 0.25) is 0 Å². The molecule has 1 fully saturated rings. The van der Waals surface area contributed by atoms with Crippen molar-refractivity contribution in [2.45, 2.75) is 19.4 Å². The quantitative estimate of drug-likeness (QED) is 0.879. The summed E-state index contributed by atoms with van der Waals surface area (Å²) in [4.78, 5) is 25.2. The fraction of sp³-hybridized carbons (Fsp3) is 0.385. The van der Waals surface area contributed by atoms with Gasteiger partial charge in [0.25, 0.3) is 5.91 Å². The van der Waals surface area contributed by atoms with E-state index in [2.05, 4.69) is 5.32 Å². The number of hydrogen-bond acceptors (Lipinski definition) is 2. The van der Waals surface area contributed by atoms with E-state index in [1.807, 2.05) is 0 Å². The van der Waals surface area contributed by atoms with Gasteiger partial charge >= 0.3 is 0 Å². The molecule has 6 heteroatoms. The molecule has 102 valence electrons. The lowest BCUT2D eigenvalue weighted by Crippen LogP contribution is -2.57. The third-order valence-electron chi connectivity index (χ3n) is 3.14. The molecule has 0 spiro atoms. The molecule has 1 N–H and O–H groups in total. The first-order valence-electron chi connectivity index (χ1n) is 6.08. The highest BCUT2D eigenvalue weighted by atomic mass is 19.1. The fourth-order valence-corrected chi connectivity index (χ4v) is 2.18. The van der Waals surface area contributed by atoms with Gasteiger partial charge < -0.3 is 10.2 Å². The van der Waals surface area contributed by atoms with E-state index in [0.717, 1.165) is 12.1 Å². The number of nitrogens with zero attached hydrogens (tertiary/aromatic N) is 1. The summed E-state index contributed by atoms with van der Waals surface area (Å²) in [6.07, 6.45) is 0.445. The number of piperazine rings is 1. The Kier molecular flexibility index (Phi) is 3.78. The molecule has 2 rings (SSSR count). The van der Waals surface area contributed by atoms with Crippen LogP contribution in [-0.2, 0) is 4.79 Å². The van der Waals surface area contributed by atoms with Crippen molar-refractivity contribution in [1.82, 2.24) is 10.2 Å². The van der Waals surface area contributed by atoms with E-state index >= 15 is 0 Å². The first-order chi connectivity index (χ1) is 9.04. The highest BCUT2D eigenvalue weighted by Crippen LogP contribution is 2.17. The van der Waals surface area contributed by atoms with Crippen LogP contribution in [0.4, 0.5) is 8.78 Å². The third-order valence-corrected chi connectivity index (χ3v) is 3.14. The number of amides is 2. The number of rotatable bonds is 2. The number of hydrogen-bond donors (Lipinski definition) is 1. The summed E-state index contributed by atoms with van der Waals surface area (Å²) < 4.78 is 26.4. The predicted octanol–water partition coefficient (Wildman–Crippen LogP) is 1.32. The van der Waals surface area contributed by atoms with Crippen molar-refractivity contribution in [3.8, 4) is 0 Å². The largest absolute Gasteiger partial charge is 0.353 e. The molecule has 0 aromatic heterocycles. The van der Waals surface area contributed by atoms with Crippen molar-refractivity contribution in [3.63, 3.8) is 0 Å². The van der Waals surface area contributed by atoms with E-state index in [1.165, 1.54) is 4.90 Å². The van der Waals surface area contributed by atoms with Crippen molar-refractivity contribution in [2.24, 2.45) is 0 Å². The van der Waals surface area contributed by atoms with E-state index in [4.69, 9.17) is 0 Å². The van der Waals surface area contributed by atoms with Crippen LogP contribution in [0.5, 0.6) is 0 Å². The van der Waals surface area contributed by atoms with Gasteiger partial charge in [0.2, 0.25) is 5.91 Å². The van der Waals surface area contributed by atoms with E-state index in [0.29, 0.717) is 25.6 Å². The average molecular weight is 268 g/mol. The molecule has 1 heterocycles. The minimum atomic E-state index is -0.911. The second-order valence-electron chi connectivity index (χ2n) is 4.34. The Morgan fingerprint density at radius 1 is 1.47 bits per heavy atom. The van der Waals surface area contributed by atoms with Crippen molar-refractivity contribution in [2.75, 3.05) is 13.1 Å². The van der Waals surface area contributed by atoms with Gasteiger partial charge in [-0.2, -0.15) is 0 Å². The molecule has 2 amide bonds. The Morgan fingerprint density at radius 3 is 2.84 bits per heavy atom. The van der Waals surface area contributed by atoms with E-state index in [1.54, 1.807) is 6.92 Å². The van der Waals surface area contributed by atoms with Gasteiger partial charge in [-0.1, -0.05) is 6.92 Å². The molecule has 0 radical (unpaired) electrons. The highest BCUT2D eigenvalue weighted by molar-refractivity contribution is 5.98. The Morgan fingerprint density at radius 2 is 2.21 bits per heavy atom. The molecule has 1 aromatic rings. The van der Waals surface area contributed by atoms with Crippen LogP contribution < -0.4 is 5.32 Å². The lowest BCUT2D eigenvalue weighted by Gasteiger charge is -2.34. The van der Waals surface area contributed by atoms with Gasteiger partial charge in [0.15, 0.2) is 0 Å². The summed E-state index contributed by atoms with van der Waals surface area (Å²) in [5, 5.41) is 2.66. The monoisotopic (exact) mass is 268 g/mol. The average Bonchev–Trinajstić information content (AvgIpc) is 2.37. The zero-order chi connectivity index (χ0) is 14.0. The maximum Gasteiger partial charge on any atom is 0.257 e. The third kappa shape index (κ3) is 2.57. The molecule has 1 atom stereocenters. The lowest BCUT2D eigenvalue weighted by molar-refractivity contribution is -0.127. The van der Waals surface area contributed by atoms with Crippen LogP contribution in [0, 0.1) is 11.6 Å². The summed E-state index contributed by atoms with van der Waals surface area (Å²) in [6, 6.07) is 2.19. The number of benzene rings is 1. The van der Waals surface area contributed by atoms with Gasteiger partial charge in [-0.05, 0) is 18.6 Å². The van der Waals surface area contributed by atoms with Crippen molar-refractivity contribution >= 4 is 11.8 Å². The second kappa shape index (κ2) is 5.34. The highest BCUT2D eigenvalue weighted by Gasteiger charge is 2.33. The van der Waals surface area contributed by atoms with E-state index < -0.39 is 23.6 Å². The molecule has 1 aliphatic rings. The SMILES string of the molecule is CCC1C(=O)NCCN1C(=O)c1ccc(F)cc1F. The molecule has 1 aromatic carbocycles. The van der Waals surface area contributed by atoms with Gasteiger partial charge in [0.05, 0.1) is 5.56 Å². The first-order valence-corrected chi connectivity index (χ1v) is 6.08. The minimum Gasteiger partial charge on any atom is -0.353 e. The molecule has 1 saturated heterocycles. The summed E-state index contributed by atoms with van der Waals surface area (Å²) >= 11 is 0. The van der Waals surface area contributed by atoms with Crippen LogP contribution in [0.15, 0.2) is 18.2 Å². The minimum absolute atomic E-state index is 0.213. The second-order valence-corrected chi connectivity index (χ2v) is 4.34. The zero-order valence-electron chi connectivity index (χ0n) is 10.5. The van der Waals surface area contributed by atoms with Crippen LogP contribution >= 0.6 is 0 Å². The molecule has 1 aliphatic heterocycles. The molecule has 0 bridgehead atoms. The van der Waals surface area contributed by atoms with Crippen molar-refractivity contribution in [3.05, 3.63) is 35.4 Å². The molecule has 1 unspecified atom stereocenters. The zero-order valence-corrected chi connectivity index (χ0v) is 10.5. The van der Waals surface area contributed by atoms with Crippen LogP contribution in [0.1, 0.15) is 23.7 Å². The van der Waals surface area contributed by atoms with Crippen molar-refractivity contribution in [1.29, 1.82) is 0 Å². The van der Waals surface area contributed by atoms with Gasteiger partial charge in [0, 0.05) is 19.2 Å². The molecular formula is C13H14F2N2O2. The summed E-state index contributed by atoms with van der Waals surface area (Å²) in [6.45, 7) is 2.43. The van der Waals surface area contributed by atoms with Crippen LogP contribution in [0.3, 0.4) is 0 Å². The Balaban J connectivity index is 2.29. The normalized spacial score (nSPS) is 19.2. The number of nitrogens with one attached hydrogen (secondary N) is 1. The van der Waals surface area contributed by atoms with Crippen LogP contribution in [-0.4, -0.2) is 35.8 Å². The van der Waals surface area contributed by atoms with E-state index in [-0.39, 0.29) is 11.5 Å². The molecule has 19 heavy (non-hydrogen) atoms. The maximum atomic E-state index is 13.6. The molecule has 0 aliphatic carbocycles. The van der Waals surface area contributed by atoms with Gasteiger partial charge in [0.1, 0.15) is 17.7 Å². The smallest absolute Gasteiger partial charge is 0.257 e. The molecular weight excluding hydrogens is 254 g/mol. The molecule has 0 saturated carbocycles. The van der Waals surface area contributed by atoms with Crippen molar-refractivity contribution < 1.29 is 18.4 Å².